The smallest absolute Gasteiger partial charge is 0.339 e. The fourth-order valence-corrected chi connectivity index (χ4v) is 7.54. The molecule has 0 N–H and O–H groups in total. The summed E-state index contributed by atoms with van der Waals surface area (Å²) in [5.41, 5.74) is 1.60. The van der Waals surface area contributed by atoms with Crippen molar-refractivity contribution >= 4 is 14.3 Å². The quantitative estimate of drug-likeness (QED) is 0.243. The number of hydrogen-bond donors (Lipinski definition) is 0. The Kier molecular flexibility index (Phi) is 8.41. The zero-order valence-electron chi connectivity index (χ0n) is 22.8. The van der Waals surface area contributed by atoms with Crippen molar-refractivity contribution < 1.29 is 14.0 Å². The van der Waals surface area contributed by atoms with E-state index in [2.05, 4.69) is 59.6 Å². The summed E-state index contributed by atoms with van der Waals surface area (Å²) >= 11 is 0. The third kappa shape index (κ3) is 5.63. The van der Waals surface area contributed by atoms with E-state index in [1.807, 2.05) is 31.2 Å². The van der Waals surface area contributed by atoms with Gasteiger partial charge >= 0.3 is 5.97 Å². The normalized spacial score (nSPS) is 28.3. The molecule has 0 amide bonds. The molecule has 0 saturated heterocycles. The van der Waals surface area contributed by atoms with E-state index in [9.17, 15) is 4.79 Å². The Morgan fingerprint density at radius 3 is 2.56 bits per heavy atom. The maximum absolute atomic E-state index is 12.4. The second-order valence-electron chi connectivity index (χ2n) is 12.3. The van der Waals surface area contributed by atoms with Crippen LogP contribution in [0, 0.1) is 35.0 Å². The minimum absolute atomic E-state index is 0.236. The summed E-state index contributed by atoms with van der Waals surface area (Å²) in [5, 5.41) is 0.236. The zero-order valence-corrected chi connectivity index (χ0v) is 23.8. The lowest BCUT2D eigenvalue weighted by atomic mass is 9.52. The van der Waals surface area contributed by atoms with Gasteiger partial charge in [0, 0.05) is 17.6 Å². The molecule has 1 aromatic carbocycles. The summed E-state index contributed by atoms with van der Waals surface area (Å²) in [6, 6.07) is 7.56. The molecule has 0 spiro atoms. The Labute approximate surface area is 209 Å². The number of rotatable bonds is 5. The van der Waals surface area contributed by atoms with Gasteiger partial charge in [-0.25, -0.2) is 4.79 Å². The predicted molar refractivity (Wildman–Crippen MR) is 143 cm³/mol. The van der Waals surface area contributed by atoms with Gasteiger partial charge in [0.25, 0.3) is 0 Å². The molecule has 3 nitrogen and oxygen atoms in total. The van der Waals surface area contributed by atoms with Crippen LogP contribution in [-0.4, -0.2) is 27.0 Å². The third-order valence-corrected chi connectivity index (χ3v) is 13.6. The van der Waals surface area contributed by atoms with Crippen molar-refractivity contribution in [3.05, 3.63) is 35.4 Å². The van der Waals surface area contributed by atoms with E-state index in [1.54, 1.807) is 0 Å². The van der Waals surface area contributed by atoms with Gasteiger partial charge in [-0.3, -0.25) is 0 Å². The van der Waals surface area contributed by atoms with Crippen LogP contribution in [0.1, 0.15) is 96.0 Å². The molecule has 0 aromatic heterocycles. The molecule has 1 aromatic rings. The molecule has 3 rings (SSSR count). The molecule has 188 valence electrons. The summed E-state index contributed by atoms with van der Waals surface area (Å²) < 4.78 is 12.3. The number of esters is 1. The largest absolute Gasteiger partial charge is 0.462 e. The molecule has 2 aliphatic carbocycles. The zero-order chi connectivity index (χ0) is 25.1. The molecule has 5 atom stereocenters. The Morgan fingerprint density at radius 2 is 1.88 bits per heavy atom. The van der Waals surface area contributed by atoms with Crippen LogP contribution < -0.4 is 0 Å². The second-order valence-corrected chi connectivity index (χ2v) is 17.0. The van der Waals surface area contributed by atoms with Crippen LogP contribution in [0.3, 0.4) is 0 Å². The van der Waals surface area contributed by atoms with Crippen LogP contribution in [0.4, 0.5) is 0 Å². The van der Waals surface area contributed by atoms with Gasteiger partial charge in [0.05, 0.1) is 12.2 Å². The van der Waals surface area contributed by atoms with Gasteiger partial charge in [-0.15, -0.1) is 0 Å². The SMILES string of the molecule is CCOC(=O)c1ccccc1C#C[C@@H](C)[C@@H]1CCC[C@H]2[C@H](O[Si](C)(C)C(C)(C)C)CCC[C@]12C. The van der Waals surface area contributed by atoms with Crippen LogP contribution in [0.2, 0.25) is 18.1 Å². The maximum atomic E-state index is 12.4. The van der Waals surface area contributed by atoms with Crippen LogP contribution >= 0.6 is 0 Å². The average molecular weight is 483 g/mol. The summed E-state index contributed by atoms with van der Waals surface area (Å²) in [7, 11) is -1.81. The highest BCUT2D eigenvalue weighted by Crippen LogP contribution is 2.57. The first-order valence-corrected chi connectivity index (χ1v) is 16.3. The lowest BCUT2D eigenvalue weighted by Gasteiger charge is -2.56. The van der Waals surface area contributed by atoms with Gasteiger partial charge in [-0.2, -0.15) is 0 Å². The van der Waals surface area contributed by atoms with Gasteiger partial charge in [0.1, 0.15) is 0 Å². The molecule has 2 saturated carbocycles. The van der Waals surface area contributed by atoms with Crippen molar-refractivity contribution in [1.29, 1.82) is 0 Å². The molecular weight excluding hydrogens is 436 g/mol. The molecule has 0 unspecified atom stereocenters. The van der Waals surface area contributed by atoms with Crippen molar-refractivity contribution in [2.75, 3.05) is 6.61 Å². The van der Waals surface area contributed by atoms with Gasteiger partial charge in [-0.05, 0) is 80.1 Å². The third-order valence-electron chi connectivity index (χ3n) is 9.09. The number of fused-ring (bicyclic) bond motifs is 1. The summed E-state index contributed by atoms with van der Waals surface area (Å²) in [5.74, 6) is 8.07. The van der Waals surface area contributed by atoms with Gasteiger partial charge in [0.15, 0.2) is 8.32 Å². The van der Waals surface area contributed by atoms with Crippen molar-refractivity contribution in [3.8, 4) is 11.8 Å². The first-order chi connectivity index (χ1) is 15.9. The number of carbonyl (C=O) groups excluding carboxylic acids is 1. The Balaban J connectivity index is 1.83. The van der Waals surface area contributed by atoms with Gasteiger partial charge < -0.3 is 9.16 Å². The summed E-state index contributed by atoms with van der Waals surface area (Å²) in [6.07, 6.45) is 7.86. The second kappa shape index (κ2) is 10.6. The van der Waals surface area contributed by atoms with E-state index < -0.39 is 8.32 Å². The van der Waals surface area contributed by atoms with Crippen molar-refractivity contribution in [1.82, 2.24) is 0 Å². The monoisotopic (exact) mass is 482 g/mol. The number of benzene rings is 1. The lowest BCUT2D eigenvalue weighted by molar-refractivity contribution is -0.0805. The average Bonchev–Trinajstić information content (AvgIpc) is 2.76. The highest BCUT2D eigenvalue weighted by molar-refractivity contribution is 6.74. The number of ether oxygens (including phenoxy) is 1. The van der Waals surface area contributed by atoms with Gasteiger partial charge in [0.2, 0.25) is 0 Å². The van der Waals surface area contributed by atoms with Crippen molar-refractivity contribution in [3.63, 3.8) is 0 Å². The van der Waals surface area contributed by atoms with E-state index in [1.165, 1.54) is 38.5 Å². The molecule has 4 heteroatoms. The van der Waals surface area contributed by atoms with Crippen molar-refractivity contribution in [2.24, 2.45) is 23.2 Å². The molecule has 0 radical (unpaired) electrons. The van der Waals surface area contributed by atoms with Crippen LogP contribution in [0.25, 0.3) is 0 Å². The first-order valence-electron chi connectivity index (χ1n) is 13.4. The van der Waals surface area contributed by atoms with E-state index in [0.29, 0.717) is 30.1 Å². The minimum Gasteiger partial charge on any atom is -0.462 e. The highest BCUT2D eigenvalue weighted by atomic mass is 28.4. The number of carbonyl (C=O) groups is 1. The van der Waals surface area contributed by atoms with E-state index in [-0.39, 0.29) is 22.3 Å². The first kappa shape index (κ1) is 27.0. The maximum Gasteiger partial charge on any atom is 0.339 e. The predicted octanol–water partition coefficient (Wildman–Crippen LogP) is 7.85. The molecule has 0 bridgehead atoms. The molecule has 0 aliphatic heterocycles. The van der Waals surface area contributed by atoms with E-state index in [4.69, 9.17) is 9.16 Å². The standard InChI is InChI=1S/C30H46O3Si/c1-9-32-28(31)24-15-11-10-14-23(24)20-19-22(2)25-16-12-17-26-27(18-13-21-30(25,26)6)33-34(7,8)29(3,4)5/h10-11,14-15,22,25-27H,9,12-13,16-18,21H2,1-8H3/t22-,25+,26+,27-,30-/m1/s1. The fraction of sp³-hybridized carbons (Fsp3) is 0.700. The lowest BCUT2D eigenvalue weighted by Crippen LogP contribution is -2.54. The molecule has 0 heterocycles. The summed E-state index contributed by atoms with van der Waals surface area (Å²) in [6.45, 7) is 18.8. The topological polar surface area (TPSA) is 35.5 Å². The van der Waals surface area contributed by atoms with Crippen molar-refractivity contribution in [2.45, 2.75) is 104 Å². The molecule has 34 heavy (non-hydrogen) atoms. The minimum atomic E-state index is -1.81. The van der Waals surface area contributed by atoms with Crippen LogP contribution in [0.15, 0.2) is 24.3 Å². The fourth-order valence-electron chi connectivity index (χ4n) is 6.15. The highest BCUT2D eigenvalue weighted by Gasteiger charge is 2.52. The summed E-state index contributed by atoms with van der Waals surface area (Å²) in [4.78, 5) is 12.4. The molecular formula is C30H46O3Si. The van der Waals surface area contributed by atoms with E-state index >= 15 is 0 Å². The Bertz CT molecular complexity index is 919. The van der Waals surface area contributed by atoms with E-state index in [0.717, 1.165) is 5.56 Å². The molecule has 2 aliphatic rings. The van der Waals surface area contributed by atoms with Crippen LogP contribution in [0.5, 0.6) is 0 Å². The van der Waals surface area contributed by atoms with Crippen LogP contribution in [-0.2, 0) is 9.16 Å². The van der Waals surface area contributed by atoms with Gasteiger partial charge in [-0.1, -0.05) is 71.4 Å². The number of hydrogen-bond acceptors (Lipinski definition) is 3. The Morgan fingerprint density at radius 1 is 1.18 bits per heavy atom. The molecule has 2 fully saturated rings. The Hall–Kier alpha value is -1.57.